The number of hydrogen-bond donors (Lipinski definition) is 1. The van der Waals surface area contributed by atoms with Crippen molar-refractivity contribution in [2.45, 2.75) is 6.92 Å². The van der Waals surface area contributed by atoms with Gasteiger partial charge in [-0.25, -0.2) is 9.37 Å². The number of nitrogens with one attached hydrogen (secondary N) is 1. The van der Waals surface area contributed by atoms with E-state index in [-0.39, 0.29) is 5.82 Å². The molecule has 0 radical (unpaired) electrons. The lowest BCUT2D eigenvalue weighted by Gasteiger charge is -2.08. The molecule has 0 spiro atoms. The van der Waals surface area contributed by atoms with Crippen LogP contribution in [-0.2, 0) is 0 Å². The van der Waals surface area contributed by atoms with Gasteiger partial charge in [-0.15, -0.1) is 0 Å². The molecule has 2 aromatic rings. The molecule has 94 valence electrons. The molecule has 1 N–H and O–H groups in total. The predicted molar refractivity (Wildman–Crippen MR) is 69.4 cm³/mol. The fourth-order valence-corrected chi connectivity index (χ4v) is 1.53. The van der Waals surface area contributed by atoms with Crippen LogP contribution in [0.15, 0.2) is 42.6 Å². The fourth-order valence-electron chi connectivity index (χ4n) is 1.53. The first-order valence-electron chi connectivity index (χ1n) is 5.79. The number of anilines is 1. The van der Waals surface area contributed by atoms with Gasteiger partial charge in [-0.3, -0.25) is 0 Å². The van der Waals surface area contributed by atoms with Crippen molar-refractivity contribution in [3.8, 4) is 5.75 Å². The highest BCUT2D eigenvalue weighted by Gasteiger charge is 1.96. The molecule has 0 amide bonds. The van der Waals surface area contributed by atoms with Gasteiger partial charge in [-0.1, -0.05) is 12.1 Å². The number of nitrogens with zero attached hydrogens (tertiary/aromatic N) is 1. The second-order valence-electron chi connectivity index (χ2n) is 3.95. The van der Waals surface area contributed by atoms with Crippen molar-refractivity contribution in [2.75, 3.05) is 18.5 Å². The van der Waals surface area contributed by atoms with Gasteiger partial charge in [0.05, 0.1) is 12.7 Å². The molecule has 4 heteroatoms. The van der Waals surface area contributed by atoms with E-state index >= 15 is 0 Å². The first kappa shape index (κ1) is 12.4. The molecule has 1 aromatic carbocycles. The Morgan fingerprint density at radius 3 is 2.89 bits per heavy atom. The Hall–Kier alpha value is -2.10. The predicted octanol–water partition coefficient (Wildman–Crippen LogP) is 3.02. The number of pyridine rings is 1. The summed E-state index contributed by atoms with van der Waals surface area (Å²) in [7, 11) is 0. The number of rotatable bonds is 5. The monoisotopic (exact) mass is 246 g/mol. The standard InChI is InChI=1S/C14H15FN2O/c1-11-3-2-4-13(9-11)18-8-7-16-14-6-5-12(15)10-17-14/h2-6,9-10H,7-8H2,1H3,(H,16,17). The quantitative estimate of drug-likeness (QED) is 0.823. The average molecular weight is 246 g/mol. The highest BCUT2D eigenvalue weighted by Crippen LogP contribution is 2.12. The van der Waals surface area contributed by atoms with Gasteiger partial charge in [0.15, 0.2) is 0 Å². The Bertz CT molecular complexity index is 499. The molecule has 18 heavy (non-hydrogen) atoms. The third-order valence-electron chi connectivity index (χ3n) is 2.39. The zero-order valence-corrected chi connectivity index (χ0v) is 10.2. The molecule has 0 unspecified atom stereocenters. The van der Waals surface area contributed by atoms with Gasteiger partial charge in [0.1, 0.15) is 24.0 Å². The van der Waals surface area contributed by atoms with Gasteiger partial charge in [0, 0.05) is 0 Å². The minimum absolute atomic E-state index is 0.337. The van der Waals surface area contributed by atoms with Crippen LogP contribution in [0.2, 0.25) is 0 Å². The SMILES string of the molecule is Cc1cccc(OCCNc2ccc(F)cn2)c1. The summed E-state index contributed by atoms with van der Waals surface area (Å²) in [6, 6.07) is 10.9. The van der Waals surface area contributed by atoms with Crippen LogP contribution in [0.1, 0.15) is 5.56 Å². The molecule has 0 aliphatic rings. The maximum atomic E-state index is 12.6. The lowest BCUT2D eigenvalue weighted by atomic mass is 10.2. The molecule has 0 fully saturated rings. The summed E-state index contributed by atoms with van der Waals surface area (Å²) in [5.41, 5.74) is 1.17. The van der Waals surface area contributed by atoms with Gasteiger partial charge < -0.3 is 10.1 Å². The van der Waals surface area contributed by atoms with Crippen LogP contribution in [0.4, 0.5) is 10.2 Å². The van der Waals surface area contributed by atoms with Crippen molar-refractivity contribution in [3.05, 3.63) is 54.0 Å². The second-order valence-corrected chi connectivity index (χ2v) is 3.95. The zero-order valence-electron chi connectivity index (χ0n) is 10.2. The Kier molecular flexibility index (Phi) is 4.12. The average Bonchev–Trinajstić information content (AvgIpc) is 2.37. The summed E-state index contributed by atoms with van der Waals surface area (Å²) in [6.07, 6.45) is 1.18. The molecule has 0 atom stereocenters. The van der Waals surface area contributed by atoms with Crippen molar-refractivity contribution in [1.29, 1.82) is 0 Å². The summed E-state index contributed by atoms with van der Waals surface area (Å²) < 4.78 is 18.2. The summed E-state index contributed by atoms with van der Waals surface area (Å²) in [5.74, 6) is 1.16. The zero-order chi connectivity index (χ0) is 12.8. The van der Waals surface area contributed by atoms with Crippen LogP contribution in [0.3, 0.4) is 0 Å². The van der Waals surface area contributed by atoms with E-state index in [1.165, 1.54) is 17.8 Å². The Balaban J connectivity index is 1.74. The number of hydrogen-bond acceptors (Lipinski definition) is 3. The van der Waals surface area contributed by atoms with E-state index in [1.54, 1.807) is 6.07 Å². The van der Waals surface area contributed by atoms with Crippen LogP contribution in [0, 0.1) is 12.7 Å². The first-order chi connectivity index (χ1) is 8.74. The molecule has 0 saturated heterocycles. The van der Waals surface area contributed by atoms with Crippen LogP contribution in [-0.4, -0.2) is 18.1 Å². The minimum atomic E-state index is -0.337. The molecular weight excluding hydrogens is 231 g/mol. The number of aromatic nitrogens is 1. The van der Waals surface area contributed by atoms with E-state index in [0.29, 0.717) is 19.0 Å². The molecule has 2 rings (SSSR count). The molecule has 0 saturated carbocycles. The van der Waals surface area contributed by atoms with E-state index in [2.05, 4.69) is 10.3 Å². The molecule has 3 nitrogen and oxygen atoms in total. The minimum Gasteiger partial charge on any atom is -0.492 e. The summed E-state index contributed by atoms with van der Waals surface area (Å²) in [6.45, 7) is 3.17. The van der Waals surface area contributed by atoms with Crippen LogP contribution in [0.25, 0.3) is 0 Å². The third-order valence-corrected chi connectivity index (χ3v) is 2.39. The highest BCUT2D eigenvalue weighted by atomic mass is 19.1. The summed E-state index contributed by atoms with van der Waals surface area (Å²) in [4.78, 5) is 3.90. The smallest absolute Gasteiger partial charge is 0.141 e. The van der Waals surface area contributed by atoms with Gasteiger partial charge in [-0.05, 0) is 36.8 Å². The number of aryl methyl sites for hydroxylation is 1. The van der Waals surface area contributed by atoms with Gasteiger partial charge in [0.2, 0.25) is 0 Å². The van der Waals surface area contributed by atoms with Crippen molar-refractivity contribution in [1.82, 2.24) is 4.98 Å². The highest BCUT2D eigenvalue weighted by molar-refractivity contribution is 5.33. The van der Waals surface area contributed by atoms with Gasteiger partial charge >= 0.3 is 0 Å². The van der Waals surface area contributed by atoms with Crippen LogP contribution in [0.5, 0.6) is 5.75 Å². The summed E-state index contributed by atoms with van der Waals surface area (Å²) >= 11 is 0. The van der Waals surface area contributed by atoms with Crippen molar-refractivity contribution < 1.29 is 9.13 Å². The van der Waals surface area contributed by atoms with E-state index in [9.17, 15) is 4.39 Å². The lowest BCUT2D eigenvalue weighted by molar-refractivity contribution is 0.332. The maximum Gasteiger partial charge on any atom is 0.141 e. The van der Waals surface area contributed by atoms with E-state index in [1.807, 2.05) is 31.2 Å². The number of ether oxygens (including phenoxy) is 1. The van der Waals surface area contributed by atoms with Gasteiger partial charge in [-0.2, -0.15) is 0 Å². The fraction of sp³-hybridized carbons (Fsp3) is 0.214. The third kappa shape index (κ3) is 3.73. The topological polar surface area (TPSA) is 34.1 Å². The van der Waals surface area contributed by atoms with Crippen molar-refractivity contribution >= 4 is 5.82 Å². The molecule has 1 aromatic heterocycles. The largest absolute Gasteiger partial charge is 0.492 e. The summed E-state index contributed by atoms with van der Waals surface area (Å²) in [5, 5.41) is 3.05. The second kappa shape index (κ2) is 6.00. The number of benzene rings is 1. The van der Waals surface area contributed by atoms with Gasteiger partial charge in [0.25, 0.3) is 0 Å². The van der Waals surface area contributed by atoms with Crippen molar-refractivity contribution in [3.63, 3.8) is 0 Å². The molecule has 1 heterocycles. The van der Waals surface area contributed by atoms with E-state index in [0.717, 1.165) is 5.75 Å². The molecular formula is C14H15FN2O. The Morgan fingerprint density at radius 2 is 2.17 bits per heavy atom. The maximum absolute atomic E-state index is 12.6. The first-order valence-corrected chi connectivity index (χ1v) is 5.79. The normalized spacial score (nSPS) is 10.1. The van der Waals surface area contributed by atoms with Crippen LogP contribution < -0.4 is 10.1 Å². The Labute approximate surface area is 106 Å². The van der Waals surface area contributed by atoms with Crippen LogP contribution >= 0.6 is 0 Å². The number of halogens is 1. The molecule has 0 aliphatic heterocycles. The molecule has 0 bridgehead atoms. The van der Waals surface area contributed by atoms with E-state index in [4.69, 9.17) is 4.74 Å². The lowest BCUT2D eigenvalue weighted by Crippen LogP contribution is -2.12. The van der Waals surface area contributed by atoms with Crippen molar-refractivity contribution in [2.24, 2.45) is 0 Å². The van der Waals surface area contributed by atoms with E-state index < -0.39 is 0 Å². The Morgan fingerprint density at radius 1 is 1.28 bits per heavy atom. The molecule has 0 aliphatic carbocycles.